The predicted octanol–water partition coefficient (Wildman–Crippen LogP) is 2.64. The second kappa shape index (κ2) is 4.37. The first-order valence-corrected chi connectivity index (χ1v) is 6.68. The van der Waals surface area contributed by atoms with Crippen LogP contribution in [0.15, 0.2) is 17.4 Å². The smallest absolute Gasteiger partial charge is 0.262 e. The predicted molar refractivity (Wildman–Crippen MR) is 67.6 cm³/mol. The van der Waals surface area contributed by atoms with Gasteiger partial charge in [-0.25, -0.2) is 18.7 Å². The summed E-state index contributed by atoms with van der Waals surface area (Å²) in [7, 11) is 0. The summed E-state index contributed by atoms with van der Waals surface area (Å²) in [5, 5.41) is 8.79. The van der Waals surface area contributed by atoms with Gasteiger partial charge in [0.15, 0.2) is 16.5 Å². The van der Waals surface area contributed by atoms with E-state index in [-0.39, 0.29) is 11.2 Å². The molecule has 0 amide bonds. The zero-order valence-corrected chi connectivity index (χ0v) is 10.9. The molecule has 0 saturated heterocycles. The zero-order chi connectivity index (χ0) is 13.6. The largest absolute Gasteiger partial charge is 0.267 e. The Labute approximate surface area is 111 Å². The van der Waals surface area contributed by atoms with Crippen molar-refractivity contribution in [2.75, 3.05) is 6.26 Å². The molecule has 3 rings (SSSR count). The van der Waals surface area contributed by atoms with Gasteiger partial charge in [-0.15, -0.1) is 10.2 Å². The molecule has 0 unspecified atom stereocenters. The Morgan fingerprint density at radius 2 is 2.05 bits per heavy atom. The Morgan fingerprint density at radius 1 is 1.26 bits per heavy atom. The lowest BCUT2D eigenvalue weighted by atomic mass is 10.2. The van der Waals surface area contributed by atoms with E-state index in [9.17, 15) is 8.78 Å². The lowest BCUT2D eigenvalue weighted by Gasteiger charge is -2.07. The first kappa shape index (κ1) is 12.2. The number of fused-ring (bicyclic) bond motifs is 3. The highest BCUT2D eigenvalue weighted by atomic mass is 32.2. The molecule has 0 radical (unpaired) electrons. The molecule has 0 aliphatic carbocycles. The van der Waals surface area contributed by atoms with Crippen molar-refractivity contribution in [3.63, 3.8) is 0 Å². The third kappa shape index (κ3) is 1.83. The maximum Gasteiger partial charge on any atom is 0.267 e. The summed E-state index contributed by atoms with van der Waals surface area (Å²) in [5.74, 6) is 0.522. The van der Waals surface area contributed by atoms with Crippen LogP contribution in [0.2, 0.25) is 0 Å². The van der Waals surface area contributed by atoms with Crippen LogP contribution < -0.4 is 0 Å². The van der Waals surface area contributed by atoms with Gasteiger partial charge in [-0.1, -0.05) is 11.8 Å². The van der Waals surface area contributed by atoms with Gasteiger partial charge < -0.3 is 0 Å². The molecule has 3 heterocycles. The fourth-order valence-electron chi connectivity index (χ4n) is 1.94. The third-order valence-corrected chi connectivity index (χ3v) is 3.36. The van der Waals surface area contributed by atoms with Crippen molar-refractivity contribution < 1.29 is 8.78 Å². The number of alkyl halides is 2. The van der Waals surface area contributed by atoms with Gasteiger partial charge in [0, 0.05) is 11.6 Å². The monoisotopic (exact) mass is 281 g/mol. The molecule has 5 nitrogen and oxygen atoms in total. The maximum absolute atomic E-state index is 13.1. The highest BCUT2D eigenvalue weighted by Crippen LogP contribution is 2.28. The Hall–Kier alpha value is -1.83. The molecule has 0 spiro atoms. The van der Waals surface area contributed by atoms with Crippen LogP contribution in [-0.2, 0) is 0 Å². The van der Waals surface area contributed by atoms with Crippen molar-refractivity contribution in [2.45, 2.75) is 18.5 Å². The topological polar surface area (TPSA) is 56.0 Å². The van der Waals surface area contributed by atoms with E-state index in [2.05, 4.69) is 20.2 Å². The van der Waals surface area contributed by atoms with E-state index in [1.807, 2.05) is 6.26 Å². The summed E-state index contributed by atoms with van der Waals surface area (Å²) in [5.41, 5.74) is 0.528. The summed E-state index contributed by atoms with van der Waals surface area (Å²) in [6, 6.07) is 1.37. The van der Waals surface area contributed by atoms with Gasteiger partial charge in [-0.2, -0.15) is 0 Å². The second-order valence-electron chi connectivity index (χ2n) is 3.94. The fourth-order valence-corrected chi connectivity index (χ4v) is 2.28. The van der Waals surface area contributed by atoms with Crippen molar-refractivity contribution in [2.24, 2.45) is 0 Å². The normalized spacial score (nSPS) is 11.8. The van der Waals surface area contributed by atoms with Crippen LogP contribution in [0.25, 0.3) is 16.7 Å². The van der Waals surface area contributed by atoms with Crippen LogP contribution in [0.3, 0.4) is 0 Å². The summed E-state index contributed by atoms with van der Waals surface area (Å²) >= 11 is 1.39. The number of aryl methyl sites for hydroxylation is 1. The molecule has 0 aliphatic heterocycles. The van der Waals surface area contributed by atoms with Crippen molar-refractivity contribution in [1.29, 1.82) is 0 Å². The molecule has 98 valence electrons. The van der Waals surface area contributed by atoms with Gasteiger partial charge >= 0.3 is 0 Å². The van der Waals surface area contributed by atoms with Crippen LogP contribution in [0.5, 0.6) is 0 Å². The Morgan fingerprint density at radius 3 is 2.74 bits per heavy atom. The molecule has 0 atom stereocenters. The van der Waals surface area contributed by atoms with Crippen molar-refractivity contribution in [3.05, 3.63) is 23.7 Å². The molecule has 0 aliphatic rings. The average molecular weight is 281 g/mol. The summed E-state index contributed by atoms with van der Waals surface area (Å²) < 4.78 is 27.6. The van der Waals surface area contributed by atoms with Crippen LogP contribution in [0.4, 0.5) is 8.78 Å². The molecule has 8 heteroatoms. The van der Waals surface area contributed by atoms with E-state index in [1.165, 1.54) is 22.2 Å². The van der Waals surface area contributed by atoms with E-state index in [0.717, 1.165) is 0 Å². The first-order chi connectivity index (χ1) is 9.11. The molecule has 0 saturated carbocycles. The van der Waals surface area contributed by atoms with E-state index in [1.54, 1.807) is 13.1 Å². The number of pyridine rings is 1. The van der Waals surface area contributed by atoms with E-state index >= 15 is 0 Å². The molecule has 0 aromatic carbocycles. The van der Waals surface area contributed by atoms with Crippen LogP contribution in [0.1, 0.15) is 17.8 Å². The number of thioether (sulfide) groups is 1. The molecular weight excluding hydrogens is 272 g/mol. The zero-order valence-electron chi connectivity index (χ0n) is 10.1. The van der Waals surface area contributed by atoms with Gasteiger partial charge in [0.2, 0.25) is 0 Å². The quantitative estimate of drug-likeness (QED) is 0.534. The lowest BCUT2D eigenvalue weighted by Crippen LogP contribution is -2.00. The number of hydrogen-bond acceptors (Lipinski definition) is 5. The summed E-state index contributed by atoms with van der Waals surface area (Å²) in [4.78, 5) is 8.44. The lowest BCUT2D eigenvalue weighted by molar-refractivity contribution is 0.152. The van der Waals surface area contributed by atoms with E-state index in [4.69, 9.17) is 0 Å². The number of halogens is 2. The molecule has 0 bridgehead atoms. The van der Waals surface area contributed by atoms with Gasteiger partial charge in [0.25, 0.3) is 6.43 Å². The van der Waals surface area contributed by atoms with Gasteiger partial charge in [-0.3, -0.25) is 4.40 Å². The van der Waals surface area contributed by atoms with Crippen molar-refractivity contribution >= 4 is 28.4 Å². The minimum Gasteiger partial charge on any atom is -0.262 e. The Bertz CT molecular complexity index is 770. The van der Waals surface area contributed by atoms with Crippen molar-refractivity contribution in [1.82, 2.24) is 24.6 Å². The average Bonchev–Trinajstić information content (AvgIpc) is 2.79. The fraction of sp³-hybridized carbons (Fsp3) is 0.273. The van der Waals surface area contributed by atoms with Gasteiger partial charge in [0.1, 0.15) is 5.82 Å². The summed E-state index contributed by atoms with van der Waals surface area (Å²) in [6.07, 6.45) is 0.778. The van der Waals surface area contributed by atoms with Crippen molar-refractivity contribution in [3.8, 4) is 0 Å². The van der Waals surface area contributed by atoms with Crippen LogP contribution >= 0.6 is 11.8 Å². The van der Waals surface area contributed by atoms with E-state index in [0.29, 0.717) is 22.0 Å². The minimum absolute atomic E-state index is 0.144. The highest BCUT2D eigenvalue weighted by Gasteiger charge is 2.19. The Kier molecular flexibility index (Phi) is 2.81. The number of nitrogens with zero attached hydrogens (tertiary/aromatic N) is 5. The van der Waals surface area contributed by atoms with Gasteiger partial charge in [-0.05, 0) is 19.2 Å². The molecular formula is C11H9F2N5S. The number of aromatic nitrogens is 5. The molecule has 3 aromatic rings. The number of rotatable bonds is 2. The third-order valence-electron chi connectivity index (χ3n) is 2.80. The molecule has 3 aromatic heterocycles. The summed E-state index contributed by atoms with van der Waals surface area (Å²) in [6.45, 7) is 1.70. The first-order valence-electron chi connectivity index (χ1n) is 5.45. The van der Waals surface area contributed by atoms with Gasteiger partial charge in [0.05, 0.1) is 5.56 Å². The SMILES string of the molecule is CSc1ncc2cc(C(F)F)c3nnc(C)n3c2n1. The van der Waals surface area contributed by atoms with E-state index < -0.39 is 6.43 Å². The van der Waals surface area contributed by atoms with Crippen LogP contribution in [-0.4, -0.2) is 30.8 Å². The molecule has 0 fully saturated rings. The Balaban J connectivity index is 2.49. The maximum atomic E-state index is 13.1. The minimum atomic E-state index is -2.62. The molecule has 19 heavy (non-hydrogen) atoms. The number of hydrogen-bond donors (Lipinski definition) is 0. The molecule has 0 N–H and O–H groups in total. The standard InChI is InChI=1S/C11H9F2N5S/c1-5-16-17-10-7(8(12)13)3-6-4-14-11(19-2)15-9(6)18(5)10/h3-4,8H,1-2H3. The second-order valence-corrected chi connectivity index (χ2v) is 4.72. The highest BCUT2D eigenvalue weighted by molar-refractivity contribution is 7.98. The van der Waals surface area contributed by atoms with Crippen LogP contribution in [0, 0.1) is 6.92 Å².